The quantitative estimate of drug-likeness (QED) is 0.799. The van der Waals surface area contributed by atoms with E-state index in [1.165, 1.54) is 11.3 Å². The minimum Gasteiger partial charge on any atom is -0.384 e. The molecule has 0 saturated carbocycles. The number of nitrogens with zero attached hydrogens (tertiary/aromatic N) is 4. The van der Waals surface area contributed by atoms with Gasteiger partial charge in [-0.25, -0.2) is 0 Å². The van der Waals surface area contributed by atoms with E-state index in [4.69, 9.17) is 4.74 Å². The van der Waals surface area contributed by atoms with Crippen LogP contribution >= 0.6 is 11.3 Å². The van der Waals surface area contributed by atoms with Crippen molar-refractivity contribution in [2.75, 3.05) is 19.0 Å². The summed E-state index contributed by atoms with van der Waals surface area (Å²) in [7, 11) is 1.65. The van der Waals surface area contributed by atoms with Gasteiger partial charge in [-0.15, -0.1) is 10.2 Å². The number of anilines is 1. The van der Waals surface area contributed by atoms with E-state index in [-0.39, 0.29) is 0 Å². The van der Waals surface area contributed by atoms with Crippen molar-refractivity contribution in [3.63, 3.8) is 0 Å². The third kappa shape index (κ3) is 2.18. The number of rotatable bonds is 4. The number of aromatic nitrogens is 4. The van der Waals surface area contributed by atoms with Crippen LogP contribution in [0.5, 0.6) is 0 Å². The van der Waals surface area contributed by atoms with E-state index >= 15 is 0 Å². The molecule has 0 spiro atoms. The van der Waals surface area contributed by atoms with E-state index in [0.717, 1.165) is 28.8 Å². The Balaban J connectivity index is 1.60. The minimum atomic E-state index is 0.429. The van der Waals surface area contributed by atoms with Gasteiger partial charge in [-0.05, 0) is 11.6 Å². The molecule has 0 saturated heterocycles. The van der Waals surface area contributed by atoms with Crippen LogP contribution in [-0.2, 0) is 17.8 Å². The molecule has 1 aromatic carbocycles. The zero-order chi connectivity index (χ0) is 14.2. The Morgan fingerprint density at radius 2 is 2.29 bits per heavy atom. The standard InChI is InChI=1S/C14H15N5OS/c1-20-8-12-16-17-14-19(12)18-13(21-14)6-9-7-15-11-5-3-2-4-10(9)11/h2-5,9,15H,6-8H2,1H3. The molecule has 0 radical (unpaired) electrons. The van der Waals surface area contributed by atoms with Crippen molar-refractivity contribution in [2.45, 2.75) is 18.9 Å². The summed E-state index contributed by atoms with van der Waals surface area (Å²) in [4.78, 5) is 0.830. The SMILES string of the molecule is COCc1nnc2sc(CC3CNc4ccccc43)nn12. The number of hydrogen-bond donors (Lipinski definition) is 1. The summed E-state index contributed by atoms with van der Waals surface area (Å²) < 4.78 is 6.90. The minimum absolute atomic E-state index is 0.429. The Bertz CT molecular complexity index is 781. The zero-order valence-corrected chi connectivity index (χ0v) is 12.4. The molecule has 3 heterocycles. The molecule has 0 bridgehead atoms. The molecule has 1 unspecified atom stereocenters. The third-order valence-electron chi connectivity index (χ3n) is 3.73. The van der Waals surface area contributed by atoms with Crippen LogP contribution < -0.4 is 5.32 Å². The van der Waals surface area contributed by atoms with Crippen molar-refractivity contribution in [3.8, 4) is 0 Å². The van der Waals surface area contributed by atoms with Crippen LogP contribution in [0, 0.1) is 0 Å². The molecule has 1 aliphatic rings. The summed E-state index contributed by atoms with van der Waals surface area (Å²) in [6.45, 7) is 1.39. The van der Waals surface area contributed by atoms with Crippen LogP contribution in [0.3, 0.4) is 0 Å². The average molecular weight is 301 g/mol. The first kappa shape index (κ1) is 12.7. The molecule has 1 N–H and O–H groups in total. The van der Waals surface area contributed by atoms with Gasteiger partial charge in [0.15, 0.2) is 5.82 Å². The van der Waals surface area contributed by atoms with Gasteiger partial charge in [0.2, 0.25) is 4.96 Å². The fourth-order valence-corrected chi connectivity index (χ4v) is 3.68. The first-order chi connectivity index (χ1) is 10.3. The van der Waals surface area contributed by atoms with E-state index in [9.17, 15) is 0 Å². The van der Waals surface area contributed by atoms with Crippen LogP contribution in [0.4, 0.5) is 5.69 Å². The molecule has 0 amide bonds. The van der Waals surface area contributed by atoms with Gasteiger partial charge in [-0.1, -0.05) is 29.5 Å². The van der Waals surface area contributed by atoms with Crippen LogP contribution in [0.2, 0.25) is 0 Å². The third-order valence-corrected chi connectivity index (χ3v) is 4.65. The van der Waals surface area contributed by atoms with Crippen LogP contribution in [0.25, 0.3) is 4.96 Å². The van der Waals surface area contributed by atoms with Gasteiger partial charge >= 0.3 is 0 Å². The summed E-state index contributed by atoms with van der Waals surface area (Å²) in [6, 6.07) is 8.48. The molecule has 0 fully saturated rings. The Labute approximate surface area is 125 Å². The molecule has 21 heavy (non-hydrogen) atoms. The topological polar surface area (TPSA) is 64.3 Å². The molecular weight excluding hydrogens is 286 g/mol. The van der Waals surface area contributed by atoms with Crippen molar-refractivity contribution < 1.29 is 4.74 Å². The summed E-state index contributed by atoms with van der Waals surface area (Å²) in [5.74, 6) is 1.22. The fraction of sp³-hybridized carbons (Fsp3) is 0.357. The van der Waals surface area contributed by atoms with Crippen LogP contribution in [-0.4, -0.2) is 33.5 Å². The van der Waals surface area contributed by atoms with Crippen LogP contribution in [0.1, 0.15) is 22.3 Å². The number of hydrogen-bond acceptors (Lipinski definition) is 6. The van der Waals surface area contributed by atoms with Crippen molar-refractivity contribution in [1.29, 1.82) is 0 Å². The molecule has 7 heteroatoms. The van der Waals surface area contributed by atoms with Crippen molar-refractivity contribution in [3.05, 3.63) is 40.7 Å². The number of para-hydroxylation sites is 1. The van der Waals surface area contributed by atoms with Gasteiger partial charge in [0.1, 0.15) is 11.6 Å². The first-order valence-electron chi connectivity index (χ1n) is 6.87. The fourth-order valence-electron chi connectivity index (χ4n) is 2.75. The van der Waals surface area contributed by atoms with E-state index in [1.54, 1.807) is 23.0 Å². The van der Waals surface area contributed by atoms with Gasteiger partial charge in [-0.3, -0.25) is 0 Å². The number of fused-ring (bicyclic) bond motifs is 2. The largest absolute Gasteiger partial charge is 0.384 e. The molecule has 3 aromatic rings. The highest BCUT2D eigenvalue weighted by molar-refractivity contribution is 7.16. The molecule has 6 nitrogen and oxygen atoms in total. The molecule has 1 atom stereocenters. The zero-order valence-electron chi connectivity index (χ0n) is 11.6. The molecule has 108 valence electrons. The van der Waals surface area contributed by atoms with E-state index in [1.807, 2.05) is 0 Å². The maximum absolute atomic E-state index is 5.11. The van der Waals surface area contributed by atoms with Gasteiger partial charge < -0.3 is 10.1 Å². The lowest BCUT2D eigenvalue weighted by Gasteiger charge is -2.06. The highest BCUT2D eigenvalue weighted by Crippen LogP contribution is 2.34. The average Bonchev–Trinajstić information content (AvgIpc) is 3.17. The maximum atomic E-state index is 5.11. The van der Waals surface area contributed by atoms with Gasteiger partial charge in [0.25, 0.3) is 0 Å². The number of benzene rings is 1. The van der Waals surface area contributed by atoms with Crippen molar-refractivity contribution >= 4 is 22.0 Å². The normalized spacial score (nSPS) is 17.1. The summed E-state index contributed by atoms with van der Waals surface area (Å²) in [6.07, 6.45) is 0.921. The summed E-state index contributed by atoms with van der Waals surface area (Å²) in [5.41, 5.74) is 2.62. The molecular formula is C14H15N5OS. The Morgan fingerprint density at radius 3 is 3.19 bits per heavy atom. The molecule has 0 aliphatic carbocycles. The summed E-state index contributed by atoms with van der Waals surface area (Å²) >= 11 is 1.60. The van der Waals surface area contributed by atoms with Crippen LogP contribution in [0.15, 0.2) is 24.3 Å². The van der Waals surface area contributed by atoms with Gasteiger partial charge in [0, 0.05) is 31.7 Å². The maximum Gasteiger partial charge on any atom is 0.234 e. The second-order valence-electron chi connectivity index (χ2n) is 5.11. The molecule has 4 rings (SSSR count). The van der Waals surface area contributed by atoms with Crippen molar-refractivity contribution in [1.82, 2.24) is 19.8 Å². The number of ether oxygens (including phenoxy) is 1. The first-order valence-corrected chi connectivity index (χ1v) is 7.68. The van der Waals surface area contributed by atoms with Gasteiger partial charge in [0.05, 0.1) is 0 Å². The van der Waals surface area contributed by atoms with E-state index in [0.29, 0.717) is 12.5 Å². The second-order valence-corrected chi connectivity index (χ2v) is 6.15. The van der Waals surface area contributed by atoms with E-state index in [2.05, 4.69) is 44.9 Å². The highest BCUT2D eigenvalue weighted by Gasteiger charge is 2.23. The van der Waals surface area contributed by atoms with Crippen molar-refractivity contribution in [2.24, 2.45) is 0 Å². The number of nitrogens with one attached hydrogen (secondary N) is 1. The lowest BCUT2D eigenvalue weighted by Crippen LogP contribution is -2.06. The Kier molecular flexibility index (Phi) is 3.08. The lowest BCUT2D eigenvalue weighted by atomic mass is 9.98. The predicted molar refractivity (Wildman–Crippen MR) is 80.7 cm³/mol. The predicted octanol–water partition coefficient (Wildman–Crippen LogP) is 2.08. The molecule has 2 aromatic heterocycles. The Hall–Kier alpha value is -1.99. The molecule has 1 aliphatic heterocycles. The number of methoxy groups -OCH3 is 1. The smallest absolute Gasteiger partial charge is 0.234 e. The highest BCUT2D eigenvalue weighted by atomic mass is 32.1. The summed E-state index contributed by atoms with van der Waals surface area (Å²) in [5, 5.41) is 17.4. The van der Waals surface area contributed by atoms with E-state index < -0.39 is 0 Å². The Morgan fingerprint density at radius 1 is 1.38 bits per heavy atom. The monoisotopic (exact) mass is 301 g/mol. The lowest BCUT2D eigenvalue weighted by molar-refractivity contribution is 0.176. The van der Waals surface area contributed by atoms with Gasteiger partial charge in [-0.2, -0.15) is 9.61 Å². The second kappa shape index (κ2) is 5.09.